The first-order valence-corrected chi connectivity index (χ1v) is 8.60. The van der Waals surface area contributed by atoms with Gasteiger partial charge in [0.05, 0.1) is 10.2 Å². The summed E-state index contributed by atoms with van der Waals surface area (Å²) in [5.74, 6) is -1.18. The first kappa shape index (κ1) is 16.0. The van der Waals surface area contributed by atoms with E-state index >= 15 is 0 Å². The van der Waals surface area contributed by atoms with Crippen LogP contribution in [0.5, 0.6) is 0 Å². The van der Waals surface area contributed by atoms with Crippen LogP contribution >= 0.6 is 27.3 Å². The highest BCUT2D eigenvalue weighted by Gasteiger charge is 2.19. The average molecular weight is 394 g/mol. The van der Waals surface area contributed by atoms with Crippen LogP contribution in [0.25, 0.3) is 0 Å². The number of benzene rings is 1. The lowest BCUT2D eigenvalue weighted by molar-refractivity contribution is 0.102. The van der Waals surface area contributed by atoms with Crippen molar-refractivity contribution in [3.8, 4) is 0 Å². The minimum atomic E-state index is -3.89. The van der Waals surface area contributed by atoms with Gasteiger partial charge in [-0.05, 0) is 41.1 Å². The lowest BCUT2D eigenvalue weighted by Crippen LogP contribution is -2.12. The Kier molecular flexibility index (Phi) is 4.42. The highest BCUT2D eigenvalue weighted by molar-refractivity contribution is 9.10. The van der Waals surface area contributed by atoms with Gasteiger partial charge in [0.2, 0.25) is 10.0 Å². The van der Waals surface area contributed by atoms with E-state index in [1.807, 2.05) is 0 Å². The third kappa shape index (κ3) is 3.64. The summed E-state index contributed by atoms with van der Waals surface area (Å²) in [4.78, 5) is 15.8. The number of aromatic nitrogens is 1. The number of primary sulfonamides is 1. The van der Waals surface area contributed by atoms with Crippen LogP contribution in [0.3, 0.4) is 0 Å². The molecule has 0 radical (unpaired) electrons. The van der Waals surface area contributed by atoms with E-state index in [4.69, 9.17) is 5.14 Å². The Morgan fingerprint density at radius 3 is 2.67 bits per heavy atom. The summed E-state index contributed by atoms with van der Waals surface area (Å²) < 4.78 is 36.0. The van der Waals surface area contributed by atoms with E-state index in [2.05, 4.69) is 26.2 Å². The van der Waals surface area contributed by atoms with Crippen molar-refractivity contribution >= 4 is 48.3 Å². The molecule has 10 heteroatoms. The van der Waals surface area contributed by atoms with E-state index in [9.17, 15) is 17.6 Å². The zero-order valence-electron chi connectivity index (χ0n) is 10.6. The number of sulfonamides is 1. The number of halogens is 2. The number of nitrogens with zero attached hydrogens (tertiary/aromatic N) is 1. The summed E-state index contributed by atoms with van der Waals surface area (Å²) in [5.41, 5.74) is 0.278. The molecule has 2 rings (SSSR count). The van der Waals surface area contributed by atoms with E-state index in [0.717, 1.165) is 17.4 Å². The third-order valence-corrected chi connectivity index (χ3v) is 5.68. The summed E-state index contributed by atoms with van der Waals surface area (Å²) in [6.07, 6.45) is 0. The Hall–Kier alpha value is -1.36. The second-order valence-electron chi connectivity index (χ2n) is 4.02. The number of thiazole rings is 1. The number of carbonyl (C=O) groups excluding carboxylic acids is 1. The summed E-state index contributed by atoms with van der Waals surface area (Å²) >= 11 is 3.72. The molecular formula is C11H9BrFN3O3S2. The molecule has 112 valence electrons. The van der Waals surface area contributed by atoms with Gasteiger partial charge in [0.15, 0.2) is 9.34 Å². The van der Waals surface area contributed by atoms with Crippen molar-refractivity contribution in [1.29, 1.82) is 0 Å². The summed E-state index contributed by atoms with van der Waals surface area (Å²) in [6.45, 7) is 1.46. The molecule has 0 aliphatic rings. The molecule has 0 unspecified atom stereocenters. The van der Waals surface area contributed by atoms with E-state index in [0.29, 0.717) is 0 Å². The number of anilines is 1. The van der Waals surface area contributed by atoms with E-state index in [1.54, 1.807) is 0 Å². The monoisotopic (exact) mass is 393 g/mol. The number of amides is 1. The van der Waals surface area contributed by atoms with Gasteiger partial charge in [0.25, 0.3) is 5.91 Å². The summed E-state index contributed by atoms with van der Waals surface area (Å²) in [6, 6.07) is 3.87. The van der Waals surface area contributed by atoms with Gasteiger partial charge >= 0.3 is 0 Å². The molecule has 2 aromatic rings. The molecule has 21 heavy (non-hydrogen) atoms. The maximum atomic E-state index is 13.4. The topological polar surface area (TPSA) is 102 Å². The number of rotatable bonds is 3. The van der Waals surface area contributed by atoms with Crippen molar-refractivity contribution in [2.75, 3.05) is 5.32 Å². The Morgan fingerprint density at radius 2 is 2.14 bits per heavy atom. The van der Waals surface area contributed by atoms with Crippen LogP contribution in [0.4, 0.5) is 9.52 Å². The molecule has 0 atom stereocenters. The quantitative estimate of drug-likeness (QED) is 0.834. The highest BCUT2D eigenvalue weighted by atomic mass is 79.9. The molecule has 1 aromatic heterocycles. The maximum Gasteiger partial charge on any atom is 0.257 e. The molecule has 1 heterocycles. The lowest BCUT2D eigenvalue weighted by atomic mass is 10.2. The van der Waals surface area contributed by atoms with Gasteiger partial charge in [0.1, 0.15) is 5.82 Å². The van der Waals surface area contributed by atoms with Crippen LogP contribution in [-0.2, 0) is 10.0 Å². The first-order chi connectivity index (χ1) is 9.68. The SMILES string of the molecule is Cc1nc(NC(=O)c2ccc(Br)c(F)c2)sc1S(N)(=O)=O. The van der Waals surface area contributed by atoms with E-state index < -0.39 is 21.7 Å². The van der Waals surface area contributed by atoms with Crippen molar-refractivity contribution in [1.82, 2.24) is 4.98 Å². The molecule has 0 bridgehead atoms. The van der Waals surface area contributed by atoms with Crippen LogP contribution in [0.1, 0.15) is 16.1 Å². The predicted molar refractivity (Wildman–Crippen MR) is 80.3 cm³/mol. The number of nitrogens with two attached hydrogens (primary N) is 1. The normalized spacial score (nSPS) is 11.4. The fraction of sp³-hybridized carbons (Fsp3) is 0.0909. The largest absolute Gasteiger partial charge is 0.298 e. The summed E-state index contributed by atoms with van der Waals surface area (Å²) in [5, 5.41) is 7.50. The number of hydrogen-bond acceptors (Lipinski definition) is 5. The van der Waals surface area contributed by atoms with Gasteiger partial charge in [-0.15, -0.1) is 0 Å². The molecule has 6 nitrogen and oxygen atoms in total. The number of carbonyl (C=O) groups is 1. The number of hydrogen-bond donors (Lipinski definition) is 2. The molecule has 0 aliphatic carbocycles. The van der Waals surface area contributed by atoms with Crippen molar-refractivity contribution in [2.24, 2.45) is 5.14 Å². The van der Waals surface area contributed by atoms with Gasteiger partial charge in [0, 0.05) is 5.56 Å². The van der Waals surface area contributed by atoms with E-state index in [-0.39, 0.29) is 25.1 Å². The average Bonchev–Trinajstić information content (AvgIpc) is 2.73. The van der Waals surface area contributed by atoms with Crippen LogP contribution in [0.15, 0.2) is 26.9 Å². The minimum absolute atomic E-state index is 0.0739. The molecule has 0 saturated heterocycles. The van der Waals surface area contributed by atoms with Gasteiger partial charge < -0.3 is 0 Å². The Bertz CT molecular complexity index is 820. The molecule has 0 saturated carbocycles. The first-order valence-electron chi connectivity index (χ1n) is 5.45. The molecular weight excluding hydrogens is 385 g/mol. The molecule has 1 aromatic carbocycles. The third-order valence-electron chi connectivity index (χ3n) is 2.41. The molecule has 0 fully saturated rings. The fourth-order valence-electron chi connectivity index (χ4n) is 1.51. The minimum Gasteiger partial charge on any atom is -0.298 e. The van der Waals surface area contributed by atoms with Crippen molar-refractivity contribution in [3.63, 3.8) is 0 Å². The molecule has 1 amide bonds. The molecule has 0 aliphatic heterocycles. The van der Waals surface area contributed by atoms with Gasteiger partial charge in [-0.1, -0.05) is 11.3 Å². The van der Waals surface area contributed by atoms with Gasteiger partial charge in [-0.3, -0.25) is 10.1 Å². The Balaban J connectivity index is 2.26. The van der Waals surface area contributed by atoms with Crippen LogP contribution in [0.2, 0.25) is 0 Å². The van der Waals surface area contributed by atoms with Gasteiger partial charge in [-0.25, -0.2) is 22.9 Å². The van der Waals surface area contributed by atoms with Crippen LogP contribution in [-0.4, -0.2) is 19.3 Å². The van der Waals surface area contributed by atoms with Crippen molar-refractivity contribution in [2.45, 2.75) is 11.1 Å². The Morgan fingerprint density at radius 1 is 1.48 bits per heavy atom. The number of aryl methyl sites for hydroxylation is 1. The fourth-order valence-corrected chi connectivity index (χ4v) is 3.61. The molecule has 3 N–H and O–H groups in total. The van der Waals surface area contributed by atoms with Crippen molar-refractivity contribution in [3.05, 3.63) is 39.7 Å². The second-order valence-corrected chi connectivity index (χ2v) is 7.63. The second kappa shape index (κ2) is 5.79. The smallest absolute Gasteiger partial charge is 0.257 e. The lowest BCUT2D eigenvalue weighted by Gasteiger charge is -2.02. The van der Waals surface area contributed by atoms with Crippen LogP contribution < -0.4 is 10.5 Å². The highest BCUT2D eigenvalue weighted by Crippen LogP contribution is 2.26. The standard InChI is InChI=1S/C11H9BrFN3O3S2/c1-5-10(21(14,18)19)20-11(15-5)16-9(17)6-2-3-7(12)8(13)4-6/h2-4H,1H3,(H2,14,18,19)(H,15,16,17). The maximum absolute atomic E-state index is 13.4. The zero-order chi connectivity index (χ0) is 15.8. The van der Waals surface area contributed by atoms with Gasteiger partial charge in [-0.2, -0.15) is 0 Å². The van der Waals surface area contributed by atoms with Crippen molar-refractivity contribution < 1.29 is 17.6 Å². The zero-order valence-corrected chi connectivity index (χ0v) is 13.8. The molecule has 0 spiro atoms. The predicted octanol–water partition coefficient (Wildman–Crippen LogP) is 2.25. The summed E-state index contributed by atoms with van der Waals surface area (Å²) in [7, 11) is -3.89. The Labute approximate surface area is 132 Å². The number of nitrogens with one attached hydrogen (secondary N) is 1. The van der Waals surface area contributed by atoms with E-state index in [1.165, 1.54) is 19.1 Å². The van der Waals surface area contributed by atoms with Crippen LogP contribution in [0, 0.1) is 12.7 Å².